The van der Waals surface area contributed by atoms with Crippen LogP contribution in [-0.4, -0.2) is 12.6 Å². The zero-order valence-electron chi connectivity index (χ0n) is 10.5. The van der Waals surface area contributed by atoms with Crippen LogP contribution < -0.4 is 5.32 Å². The van der Waals surface area contributed by atoms with Gasteiger partial charge in [0.2, 0.25) is 0 Å². The lowest BCUT2D eigenvalue weighted by Gasteiger charge is -2.41. The molecule has 1 heteroatoms. The van der Waals surface area contributed by atoms with E-state index in [1.54, 1.807) is 0 Å². The van der Waals surface area contributed by atoms with Crippen molar-refractivity contribution in [2.24, 2.45) is 17.8 Å². The molecule has 0 heterocycles. The van der Waals surface area contributed by atoms with Gasteiger partial charge in [0.05, 0.1) is 6.04 Å². The van der Waals surface area contributed by atoms with Crippen LogP contribution in [0, 0.1) is 30.1 Å². The zero-order valence-corrected chi connectivity index (χ0v) is 10.5. The molecule has 0 aliphatic heterocycles. The van der Waals surface area contributed by atoms with E-state index in [-0.39, 0.29) is 0 Å². The normalized spacial score (nSPS) is 36.1. The van der Waals surface area contributed by atoms with Crippen LogP contribution in [0.15, 0.2) is 0 Å². The molecule has 0 aromatic rings. The van der Waals surface area contributed by atoms with Gasteiger partial charge in [-0.05, 0) is 43.6 Å². The van der Waals surface area contributed by atoms with Gasteiger partial charge in [0, 0.05) is 0 Å². The lowest BCUT2D eigenvalue weighted by molar-refractivity contribution is 0.120. The second kappa shape index (κ2) is 5.73. The quantitative estimate of drug-likeness (QED) is 0.719. The Hall–Kier alpha value is -0.480. The van der Waals surface area contributed by atoms with Crippen LogP contribution in [0.5, 0.6) is 0 Å². The van der Waals surface area contributed by atoms with E-state index in [1.807, 2.05) is 0 Å². The van der Waals surface area contributed by atoms with Crippen LogP contribution in [0.2, 0.25) is 0 Å². The van der Waals surface area contributed by atoms with Crippen LogP contribution in [0.25, 0.3) is 0 Å². The molecule has 4 atom stereocenters. The van der Waals surface area contributed by atoms with Crippen molar-refractivity contribution in [3.05, 3.63) is 0 Å². The lowest BCUT2D eigenvalue weighted by atomic mass is 9.66. The highest BCUT2D eigenvalue weighted by molar-refractivity contribution is 5.04. The van der Waals surface area contributed by atoms with E-state index < -0.39 is 0 Å². The molecule has 1 N–H and O–H groups in total. The number of hydrogen-bond acceptors (Lipinski definition) is 1. The van der Waals surface area contributed by atoms with Crippen molar-refractivity contribution in [1.82, 2.24) is 5.32 Å². The van der Waals surface area contributed by atoms with E-state index in [2.05, 4.69) is 18.2 Å². The van der Waals surface area contributed by atoms with Gasteiger partial charge in [0.15, 0.2) is 0 Å². The maximum absolute atomic E-state index is 5.65. The SMILES string of the molecule is C#CC(NCC)C1CCC2CCCCC2C1. The Morgan fingerprint density at radius 1 is 1.19 bits per heavy atom. The molecule has 90 valence electrons. The van der Waals surface area contributed by atoms with Crippen molar-refractivity contribution in [2.75, 3.05) is 6.54 Å². The summed E-state index contributed by atoms with van der Waals surface area (Å²) >= 11 is 0. The molecule has 2 rings (SSSR count). The fourth-order valence-corrected chi connectivity index (χ4v) is 3.79. The fourth-order valence-electron chi connectivity index (χ4n) is 3.79. The second-order valence-corrected chi connectivity index (χ2v) is 5.58. The summed E-state index contributed by atoms with van der Waals surface area (Å²) in [5, 5.41) is 3.46. The Bertz CT molecular complexity index is 253. The number of nitrogens with one attached hydrogen (secondary N) is 1. The monoisotopic (exact) mass is 219 g/mol. The summed E-state index contributed by atoms with van der Waals surface area (Å²) in [4.78, 5) is 0. The van der Waals surface area contributed by atoms with Crippen molar-refractivity contribution in [2.45, 2.75) is 57.9 Å². The smallest absolute Gasteiger partial charge is 0.0715 e. The van der Waals surface area contributed by atoms with Crippen LogP contribution >= 0.6 is 0 Å². The molecule has 2 fully saturated rings. The largest absolute Gasteiger partial charge is 0.304 e. The first-order chi connectivity index (χ1) is 7.85. The molecule has 0 aromatic carbocycles. The Labute approximate surface area is 100 Å². The molecule has 0 radical (unpaired) electrons. The summed E-state index contributed by atoms with van der Waals surface area (Å²) in [7, 11) is 0. The molecule has 2 aliphatic carbocycles. The van der Waals surface area contributed by atoms with E-state index >= 15 is 0 Å². The minimum atomic E-state index is 0.327. The van der Waals surface area contributed by atoms with Gasteiger partial charge in [-0.25, -0.2) is 0 Å². The van der Waals surface area contributed by atoms with Crippen LogP contribution in [0.1, 0.15) is 51.9 Å². The first kappa shape index (κ1) is 12.0. The van der Waals surface area contributed by atoms with Crippen LogP contribution in [0.3, 0.4) is 0 Å². The van der Waals surface area contributed by atoms with E-state index in [1.165, 1.54) is 44.9 Å². The maximum atomic E-state index is 5.65. The van der Waals surface area contributed by atoms with Gasteiger partial charge in [0.1, 0.15) is 0 Å². The minimum absolute atomic E-state index is 0.327. The first-order valence-corrected chi connectivity index (χ1v) is 7.04. The predicted molar refractivity (Wildman–Crippen MR) is 69.1 cm³/mol. The number of fused-ring (bicyclic) bond motifs is 1. The highest BCUT2D eigenvalue weighted by atomic mass is 14.9. The molecule has 0 saturated heterocycles. The summed E-state index contributed by atoms with van der Waals surface area (Å²) in [6.07, 6.45) is 15.7. The van der Waals surface area contributed by atoms with Crippen LogP contribution in [-0.2, 0) is 0 Å². The van der Waals surface area contributed by atoms with E-state index in [4.69, 9.17) is 6.42 Å². The van der Waals surface area contributed by atoms with Crippen molar-refractivity contribution in [3.63, 3.8) is 0 Å². The van der Waals surface area contributed by atoms with Crippen molar-refractivity contribution >= 4 is 0 Å². The molecule has 0 bridgehead atoms. The molecule has 2 aliphatic rings. The fraction of sp³-hybridized carbons (Fsp3) is 0.867. The Balaban J connectivity index is 1.91. The van der Waals surface area contributed by atoms with Gasteiger partial charge >= 0.3 is 0 Å². The Morgan fingerprint density at radius 3 is 2.62 bits per heavy atom. The zero-order chi connectivity index (χ0) is 11.4. The van der Waals surface area contributed by atoms with Crippen LogP contribution in [0.4, 0.5) is 0 Å². The second-order valence-electron chi connectivity index (χ2n) is 5.58. The molecule has 2 saturated carbocycles. The summed E-state index contributed by atoms with van der Waals surface area (Å²) in [6, 6.07) is 0.327. The standard InChI is InChI=1S/C15H25N/c1-3-15(16-4-2)14-10-9-12-7-5-6-8-13(12)11-14/h1,12-16H,4-11H2,2H3. The highest BCUT2D eigenvalue weighted by Crippen LogP contribution is 2.43. The Kier molecular flexibility index (Phi) is 4.29. The summed E-state index contributed by atoms with van der Waals surface area (Å²) in [5.41, 5.74) is 0. The van der Waals surface area contributed by atoms with Crippen molar-refractivity contribution < 1.29 is 0 Å². The molecule has 0 aromatic heterocycles. The number of rotatable bonds is 3. The first-order valence-electron chi connectivity index (χ1n) is 7.04. The van der Waals surface area contributed by atoms with Gasteiger partial charge in [-0.1, -0.05) is 38.5 Å². The van der Waals surface area contributed by atoms with E-state index in [0.717, 1.165) is 24.3 Å². The summed E-state index contributed by atoms with van der Waals surface area (Å²) in [6.45, 7) is 3.15. The average molecular weight is 219 g/mol. The third-order valence-electron chi connectivity index (χ3n) is 4.66. The lowest BCUT2D eigenvalue weighted by Crippen LogP contribution is -2.40. The third-order valence-corrected chi connectivity index (χ3v) is 4.66. The average Bonchev–Trinajstić information content (AvgIpc) is 2.35. The molecular formula is C15H25N. The van der Waals surface area contributed by atoms with Gasteiger partial charge in [-0.3, -0.25) is 0 Å². The topological polar surface area (TPSA) is 12.0 Å². The van der Waals surface area contributed by atoms with Gasteiger partial charge in [0.25, 0.3) is 0 Å². The molecule has 4 unspecified atom stereocenters. The number of terminal acetylenes is 1. The van der Waals surface area contributed by atoms with Gasteiger partial charge in [-0.2, -0.15) is 0 Å². The molecule has 0 amide bonds. The molecular weight excluding hydrogens is 194 g/mol. The maximum Gasteiger partial charge on any atom is 0.0715 e. The van der Waals surface area contributed by atoms with Crippen molar-refractivity contribution in [1.29, 1.82) is 0 Å². The predicted octanol–water partition coefficient (Wildman–Crippen LogP) is 3.20. The van der Waals surface area contributed by atoms with E-state index in [0.29, 0.717) is 6.04 Å². The van der Waals surface area contributed by atoms with Gasteiger partial charge in [-0.15, -0.1) is 6.42 Å². The number of hydrogen-bond donors (Lipinski definition) is 1. The summed E-state index contributed by atoms with van der Waals surface area (Å²) < 4.78 is 0. The third kappa shape index (κ3) is 2.61. The molecule has 1 nitrogen and oxygen atoms in total. The highest BCUT2D eigenvalue weighted by Gasteiger charge is 2.34. The van der Waals surface area contributed by atoms with Crippen molar-refractivity contribution in [3.8, 4) is 12.3 Å². The molecule has 16 heavy (non-hydrogen) atoms. The minimum Gasteiger partial charge on any atom is -0.304 e. The van der Waals surface area contributed by atoms with E-state index in [9.17, 15) is 0 Å². The molecule has 0 spiro atoms. The van der Waals surface area contributed by atoms with Gasteiger partial charge < -0.3 is 5.32 Å². The summed E-state index contributed by atoms with van der Waals surface area (Å²) in [5.74, 6) is 5.72. The Morgan fingerprint density at radius 2 is 1.94 bits per heavy atom.